The van der Waals surface area contributed by atoms with E-state index >= 15 is 0 Å². The predicted octanol–water partition coefficient (Wildman–Crippen LogP) is 1.47. The Kier molecular flexibility index (Phi) is 5.97. The monoisotopic (exact) mass is 231 g/mol. The van der Waals surface area contributed by atoms with Crippen molar-refractivity contribution in [2.45, 2.75) is 58.7 Å². The second-order valence-corrected chi connectivity index (χ2v) is 5.11. The van der Waals surface area contributed by atoms with Crippen molar-refractivity contribution < 1.29 is 14.6 Å². The van der Waals surface area contributed by atoms with Crippen LogP contribution in [0.25, 0.3) is 0 Å². The summed E-state index contributed by atoms with van der Waals surface area (Å²) in [5.74, 6) is -0.185. The lowest BCUT2D eigenvalue weighted by molar-refractivity contribution is -0.131. The summed E-state index contributed by atoms with van der Waals surface area (Å²) in [5.41, 5.74) is -1.11. The SMILES string of the molecule is CCC(O)(CC)CNC(=O)COC(C)(C)C. The third kappa shape index (κ3) is 6.80. The second-order valence-electron chi connectivity index (χ2n) is 5.11. The first kappa shape index (κ1) is 15.4. The number of nitrogens with one attached hydrogen (secondary N) is 1. The van der Waals surface area contributed by atoms with Crippen molar-refractivity contribution in [2.75, 3.05) is 13.2 Å². The van der Waals surface area contributed by atoms with Gasteiger partial charge in [-0.15, -0.1) is 0 Å². The maximum Gasteiger partial charge on any atom is 0.246 e. The van der Waals surface area contributed by atoms with Crippen LogP contribution in [0.2, 0.25) is 0 Å². The third-order valence-electron chi connectivity index (χ3n) is 2.57. The quantitative estimate of drug-likeness (QED) is 0.727. The van der Waals surface area contributed by atoms with Gasteiger partial charge in [0, 0.05) is 6.54 Å². The molecule has 4 heteroatoms. The topological polar surface area (TPSA) is 58.6 Å². The summed E-state index contributed by atoms with van der Waals surface area (Å²) in [4.78, 5) is 11.4. The van der Waals surface area contributed by atoms with E-state index in [0.717, 1.165) is 0 Å². The molecule has 0 unspecified atom stereocenters. The fourth-order valence-electron chi connectivity index (χ4n) is 1.10. The lowest BCUT2D eigenvalue weighted by Crippen LogP contribution is -2.43. The molecule has 0 radical (unpaired) electrons. The van der Waals surface area contributed by atoms with Gasteiger partial charge in [0.1, 0.15) is 6.61 Å². The Labute approximate surface area is 98.4 Å². The van der Waals surface area contributed by atoms with Crippen LogP contribution in [0, 0.1) is 0 Å². The molecular formula is C12H25NO3. The highest BCUT2D eigenvalue weighted by Crippen LogP contribution is 2.12. The first-order valence-electron chi connectivity index (χ1n) is 5.85. The smallest absolute Gasteiger partial charge is 0.246 e. The van der Waals surface area contributed by atoms with Crippen LogP contribution >= 0.6 is 0 Å². The van der Waals surface area contributed by atoms with Crippen LogP contribution in [-0.4, -0.2) is 35.4 Å². The van der Waals surface area contributed by atoms with Crippen molar-refractivity contribution in [1.82, 2.24) is 5.32 Å². The van der Waals surface area contributed by atoms with Crippen LogP contribution in [-0.2, 0) is 9.53 Å². The van der Waals surface area contributed by atoms with Crippen LogP contribution in [0.3, 0.4) is 0 Å². The maximum atomic E-state index is 11.4. The van der Waals surface area contributed by atoms with Gasteiger partial charge in [0.15, 0.2) is 0 Å². The van der Waals surface area contributed by atoms with Crippen LogP contribution in [0.1, 0.15) is 47.5 Å². The number of carbonyl (C=O) groups excluding carboxylic acids is 1. The zero-order valence-electron chi connectivity index (χ0n) is 11.1. The predicted molar refractivity (Wildman–Crippen MR) is 64.2 cm³/mol. The molecule has 0 rings (SSSR count). The number of ether oxygens (including phenoxy) is 1. The summed E-state index contributed by atoms with van der Waals surface area (Å²) in [6, 6.07) is 0. The first-order valence-corrected chi connectivity index (χ1v) is 5.85. The Bertz CT molecular complexity index is 217. The van der Waals surface area contributed by atoms with Crippen molar-refractivity contribution in [3.05, 3.63) is 0 Å². The molecule has 0 aliphatic carbocycles. The maximum absolute atomic E-state index is 11.4. The standard InChI is InChI=1S/C12H25NO3/c1-6-12(15,7-2)9-13-10(14)8-16-11(3,4)5/h15H,6-9H2,1-5H3,(H,13,14). The fourth-order valence-corrected chi connectivity index (χ4v) is 1.10. The Balaban J connectivity index is 3.90. The van der Waals surface area contributed by atoms with Crippen LogP contribution in [0.4, 0.5) is 0 Å². The lowest BCUT2D eigenvalue weighted by Gasteiger charge is -2.26. The molecule has 0 aromatic heterocycles. The van der Waals surface area contributed by atoms with Crippen molar-refractivity contribution in [3.63, 3.8) is 0 Å². The van der Waals surface area contributed by atoms with E-state index in [9.17, 15) is 9.90 Å². The largest absolute Gasteiger partial charge is 0.388 e. The highest BCUT2D eigenvalue weighted by Gasteiger charge is 2.23. The third-order valence-corrected chi connectivity index (χ3v) is 2.57. The summed E-state index contributed by atoms with van der Waals surface area (Å²) in [6.07, 6.45) is 1.26. The van der Waals surface area contributed by atoms with E-state index in [-0.39, 0.29) is 24.7 Å². The molecule has 0 aliphatic heterocycles. The summed E-state index contributed by atoms with van der Waals surface area (Å²) in [6.45, 7) is 9.82. The van der Waals surface area contributed by atoms with E-state index in [1.807, 2.05) is 34.6 Å². The molecule has 0 aromatic carbocycles. The highest BCUT2D eigenvalue weighted by molar-refractivity contribution is 5.77. The summed E-state index contributed by atoms with van der Waals surface area (Å²) in [5, 5.41) is 12.6. The lowest BCUT2D eigenvalue weighted by atomic mass is 9.98. The normalized spacial score (nSPS) is 12.6. The number of hydrogen-bond donors (Lipinski definition) is 2. The molecule has 0 aromatic rings. The van der Waals surface area contributed by atoms with Gasteiger partial charge in [-0.05, 0) is 33.6 Å². The van der Waals surface area contributed by atoms with Gasteiger partial charge in [-0.1, -0.05) is 13.8 Å². The Hall–Kier alpha value is -0.610. The average molecular weight is 231 g/mol. The van der Waals surface area contributed by atoms with Gasteiger partial charge >= 0.3 is 0 Å². The van der Waals surface area contributed by atoms with Crippen molar-refractivity contribution in [1.29, 1.82) is 0 Å². The van der Waals surface area contributed by atoms with Gasteiger partial charge in [-0.25, -0.2) is 0 Å². The summed E-state index contributed by atoms with van der Waals surface area (Å²) < 4.78 is 5.33. The van der Waals surface area contributed by atoms with Gasteiger partial charge in [0.05, 0.1) is 11.2 Å². The molecule has 0 heterocycles. The first-order chi connectivity index (χ1) is 7.22. The van der Waals surface area contributed by atoms with E-state index in [2.05, 4.69) is 5.32 Å². The molecule has 96 valence electrons. The van der Waals surface area contributed by atoms with E-state index in [0.29, 0.717) is 12.8 Å². The summed E-state index contributed by atoms with van der Waals surface area (Å²) in [7, 11) is 0. The Morgan fingerprint density at radius 2 is 1.75 bits per heavy atom. The molecule has 2 N–H and O–H groups in total. The van der Waals surface area contributed by atoms with E-state index < -0.39 is 5.60 Å². The van der Waals surface area contributed by atoms with E-state index in [4.69, 9.17) is 4.74 Å². The van der Waals surface area contributed by atoms with E-state index in [1.54, 1.807) is 0 Å². The molecule has 0 fully saturated rings. The number of hydrogen-bond acceptors (Lipinski definition) is 3. The van der Waals surface area contributed by atoms with Crippen molar-refractivity contribution in [2.24, 2.45) is 0 Å². The number of rotatable bonds is 6. The minimum atomic E-state index is -0.794. The van der Waals surface area contributed by atoms with Gasteiger partial charge in [0.25, 0.3) is 0 Å². The van der Waals surface area contributed by atoms with Crippen molar-refractivity contribution >= 4 is 5.91 Å². The van der Waals surface area contributed by atoms with Crippen molar-refractivity contribution in [3.8, 4) is 0 Å². The average Bonchev–Trinajstić information content (AvgIpc) is 2.22. The molecule has 0 spiro atoms. The highest BCUT2D eigenvalue weighted by atomic mass is 16.5. The molecule has 16 heavy (non-hydrogen) atoms. The minimum Gasteiger partial charge on any atom is -0.388 e. The fraction of sp³-hybridized carbons (Fsp3) is 0.917. The van der Waals surface area contributed by atoms with Gasteiger partial charge in [-0.2, -0.15) is 0 Å². The molecular weight excluding hydrogens is 206 g/mol. The van der Waals surface area contributed by atoms with Crippen LogP contribution in [0.15, 0.2) is 0 Å². The zero-order chi connectivity index (χ0) is 12.8. The molecule has 0 bridgehead atoms. The Morgan fingerprint density at radius 1 is 1.25 bits per heavy atom. The number of aliphatic hydroxyl groups is 1. The van der Waals surface area contributed by atoms with Crippen LogP contribution in [0.5, 0.6) is 0 Å². The molecule has 0 saturated heterocycles. The molecule has 0 aliphatic rings. The van der Waals surface area contributed by atoms with Gasteiger partial charge < -0.3 is 15.2 Å². The molecule has 4 nitrogen and oxygen atoms in total. The van der Waals surface area contributed by atoms with E-state index in [1.165, 1.54) is 0 Å². The number of amides is 1. The Morgan fingerprint density at radius 3 is 2.12 bits per heavy atom. The summed E-state index contributed by atoms with van der Waals surface area (Å²) >= 11 is 0. The van der Waals surface area contributed by atoms with Gasteiger partial charge in [0.2, 0.25) is 5.91 Å². The second kappa shape index (κ2) is 6.21. The van der Waals surface area contributed by atoms with Crippen LogP contribution < -0.4 is 5.32 Å². The zero-order valence-corrected chi connectivity index (χ0v) is 11.1. The van der Waals surface area contributed by atoms with Gasteiger partial charge in [-0.3, -0.25) is 4.79 Å². The molecule has 0 atom stereocenters. The molecule has 0 saturated carbocycles. The minimum absolute atomic E-state index is 0.0347. The molecule has 1 amide bonds. The number of carbonyl (C=O) groups is 1.